The quantitative estimate of drug-likeness (QED) is 0.348. The van der Waals surface area contributed by atoms with Crippen molar-refractivity contribution in [3.63, 3.8) is 0 Å². The second-order valence-electron chi connectivity index (χ2n) is 0.563. The van der Waals surface area contributed by atoms with E-state index in [1.807, 2.05) is 0 Å². The molecular weight excluding hydrogens is 66.0 g/mol. The summed E-state index contributed by atoms with van der Waals surface area (Å²) in [4.78, 5) is 0. The summed E-state index contributed by atoms with van der Waals surface area (Å²) in [6, 6.07) is 0. The molecule has 0 unspecified atom stereocenters. The standard InChI is InChI=1S/C2H5N3/c1-2-4-5-3-1/h1-5H/i1D/hD3. The maximum Gasteiger partial charge on any atom is 0.183 e. The SMILES string of the molecule is [2H]C1=CN([2H])N([2H])N1[2H]. The third-order valence-corrected chi connectivity index (χ3v) is 0.270. The van der Waals surface area contributed by atoms with E-state index in [2.05, 4.69) is 0 Å². The average molecular weight is 75.1 g/mol. The zero-order chi connectivity index (χ0) is 7.02. The molecule has 0 aliphatic carbocycles. The van der Waals surface area contributed by atoms with Gasteiger partial charge in [-0.2, -0.15) is 5.53 Å². The van der Waals surface area contributed by atoms with E-state index in [-0.39, 0.29) is 6.18 Å². The van der Waals surface area contributed by atoms with E-state index in [9.17, 15) is 0 Å². The highest BCUT2D eigenvalue weighted by Gasteiger charge is 1.74. The summed E-state index contributed by atoms with van der Waals surface area (Å²) in [5.41, 5.74) is 1.49. The normalized spacial score (nSPS) is 38.8. The molecule has 1 heterocycles. The fourth-order valence-corrected chi connectivity index (χ4v) is 0.129. The molecule has 1 rings (SSSR count). The van der Waals surface area contributed by atoms with Gasteiger partial charge >= 0.3 is 0 Å². The number of rotatable bonds is 0. The van der Waals surface area contributed by atoms with Crippen LogP contribution in [0, 0.1) is 0 Å². The molecular formula is C2H5N3. The van der Waals surface area contributed by atoms with Gasteiger partial charge in [-0.05, 0) is 0 Å². The number of nitrogens with one attached hydrogen (secondary N) is 3. The van der Waals surface area contributed by atoms with Crippen molar-refractivity contribution in [2.75, 3.05) is 0 Å². The summed E-state index contributed by atoms with van der Waals surface area (Å²) in [6.45, 7) is 0. The van der Waals surface area contributed by atoms with E-state index in [1.165, 1.54) is 0 Å². The van der Waals surface area contributed by atoms with Crippen LogP contribution in [0.15, 0.2) is 12.4 Å². The molecule has 0 aromatic rings. The zero-order valence-corrected chi connectivity index (χ0v) is 2.42. The molecule has 0 bridgehead atoms. The van der Waals surface area contributed by atoms with Crippen LogP contribution in [0.25, 0.3) is 0 Å². The lowest BCUT2D eigenvalue weighted by Gasteiger charge is -1.86. The Morgan fingerprint density at radius 3 is 3.00 bits per heavy atom. The molecule has 1 aliphatic rings. The van der Waals surface area contributed by atoms with E-state index in [0.29, 0.717) is 16.4 Å². The van der Waals surface area contributed by atoms with E-state index >= 15 is 0 Å². The highest BCUT2D eigenvalue weighted by molar-refractivity contribution is 4.77. The molecule has 0 aromatic heterocycles. The molecule has 0 fully saturated rings. The minimum atomic E-state index is -0.194. The molecule has 0 spiro atoms. The van der Waals surface area contributed by atoms with Crippen LogP contribution in [-0.4, -0.2) is 0 Å². The maximum atomic E-state index is 6.88. The Bertz CT molecular complexity index is 147. The van der Waals surface area contributed by atoms with Gasteiger partial charge in [0.15, 0.2) is 4.24 Å². The van der Waals surface area contributed by atoms with Crippen molar-refractivity contribution in [1.29, 1.82) is 0 Å². The van der Waals surface area contributed by atoms with Crippen LogP contribution in [0.3, 0.4) is 0 Å². The van der Waals surface area contributed by atoms with Crippen molar-refractivity contribution in [2.24, 2.45) is 0 Å². The summed E-state index contributed by atoms with van der Waals surface area (Å²) in [5, 5.41) is 0. The van der Waals surface area contributed by atoms with Gasteiger partial charge in [-0.1, -0.05) is 0 Å². The van der Waals surface area contributed by atoms with Gasteiger partial charge in [-0.25, -0.2) is 0 Å². The van der Waals surface area contributed by atoms with Crippen molar-refractivity contribution in [1.82, 2.24) is 16.4 Å². The van der Waals surface area contributed by atoms with Gasteiger partial charge in [-0.3, -0.25) is 0 Å². The Balaban J connectivity index is 2.70. The lowest BCUT2D eigenvalue weighted by Crippen LogP contribution is -2.29. The highest BCUT2D eigenvalue weighted by atomic mass is 15.6. The summed E-state index contributed by atoms with van der Waals surface area (Å²) in [7, 11) is 0. The molecule has 3 heteroatoms. The Kier molecular flexibility index (Phi) is 0.128. The van der Waals surface area contributed by atoms with Crippen molar-refractivity contribution >= 4 is 0 Å². The first-order valence-electron chi connectivity index (χ1n) is 3.01. The first kappa shape index (κ1) is 0.680. The van der Waals surface area contributed by atoms with Crippen LogP contribution < -0.4 is 16.4 Å². The molecule has 0 aromatic carbocycles. The number of hydrazine groups is 2. The van der Waals surface area contributed by atoms with Gasteiger partial charge in [0.05, 0.1) is 1.37 Å². The molecule has 0 saturated heterocycles. The Morgan fingerprint density at radius 1 is 1.80 bits per heavy atom. The van der Waals surface area contributed by atoms with Gasteiger partial charge in [-0.15, -0.1) is 0 Å². The van der Waals surface area contributed by atoms with Crippen LogP contribution in [-0.2, 0) is 0 Å². The van der Waals surface area contributed by atoms with E-state index in [4.69, 9.17) is 5.61 Å². The minimum absolute atomic E-state index is 0.194. The lowest BCUT2D eigenvalue weighted by atomic mass is 11.0. The largest absolute Gasteiger partial charge is 0.310 e. The van der Waals surface area contributed by atoms with Crippen LogP contribution in [0.5, 0.6) is 0 Å². The van der Waals surface area contributed by atoms with Gasteiger partial charge < -0.3 is 10.8 Å². The maximum absolute atomic E-state index is 6.88. The Hall–Kier alpha value is -0.700. The minimum Gasteiger partial charge on any atom is -0.310 e. The summed E-state index contributed by atoms with van der Waals surface area (Å²) in [5.74, 6) is 0. The molecule has 0 atom stereocenters. The highest BCUT2D eigenvalue weighted by Crippen LogP contribution is 1.58. The monoisotopic (exact) mass is 75.1 g/mol. The molecule has 28 valence electrons. The smallest absolute Gasteiger partial charge is 0.183 e. The van der Waals surface area contributed by atoms with E-state index in [0.717, 1.165) is 6.20 Å². The van der Waals surface area contributed by atoms with E-state index in [1.54, 1.807) is 0 Å². The Labute approximate surface area is 35.8 Å². The van der Waals surface area contributed by atoms with Crippen molar-refractivity contribution in [3.05, 3.63) is 12.4 Å². The molecule has 3 nitrogen and oxygen atoms in total. The molecule has 0 amide bonds. The van der Waals surface area contributed by atoms with Crippen LogP contribution in [0.4, 0.5) is 0 Å². The lowest BCUT2D eigenvalue weighted by molar-refractivity contribution is 0.614. The summed E-state index contributed by atoms with van der Waals surface area (Å²) in [6.07, 6.45) is 0.847. The van der Waals surface area contributed by atoms with Gasteiger partial charge in [0.2, 0.25) is 0 Å². The average Bonchev–Trinajstić information content (AvgIpc) is 1.98. The number of hydrogen-bond donors (Lipinski definition) is 3. The van der Waals surface area contributed by atoms with Gasteiger partial charge in [0.1, 0.15) is 0 Å². The van der Waals surface area contributed by atoms with Crippen molar-refractivity contribution in [3.8, 4) is 0 Å². The zero-order valence-electron chi connectivity index (χ0n) is 6.42. The van der Waals surface area contributed by atoms with Crippen molar-refractivity contribution in [2.45, 2.75) is 0 Å². The first-order chi connectivity index (χ1) is 4.13. The fraction of sp³-hybridized carbons (Fsp3) is 0. The van der Waals surface area contributed by atoms with Crippen molar-refractivity contribution < 1.29 is 5.61 Å². The topological polar surface area (TPSA) is 36.1 Å². The van der Waals surface area contributed by atoms with Gasteiger partial charge in [0.25, 0.3) is 0 Å². The van der Waals surface area contributed by atoms with Crippen LogP contribution in [0.1, 0.15) is 1.37 Å². The molecule has 3 N–H and O–H groups in total. The molecule has 5 heavy (non-hydrogen) atoms. The predicted octanol–water partition coefficient (Wildman–Crippen LogP) is -0.930. The Morgan fingerprint density at radius 2 is 2.80 bits per heavy atom. The van der Waals surface area contributed by atoms with Gasteiger partial charge in [0, 0.05) is 12.4 Å². The molecule has 0 radical (unpaired) electrons. The summed E-state index contributed by atoms with van der Waals surface area (Å²) >= 11 is 0. The molecule has 0 saturated carbocycles. The second-order valence-corrected chi connectivity index (χ2v) is 0.563. The predicted molar refractivity (Wildman–Crippen MR) is 18.5 cm³/mol. The van der Waals surface area contributed by atoms with Crippen LogP contribution in [0.2, 0.25) is 4.24 Å². The molecule has 1 aliphatic heterocycles. The van der Waals surface area contributed by atoms with Crippen LogP contribution >= 0.6 is 0 Å². The third-order valence-electron chi connectivity index (χ3n) is 0.270. The fourth-order valence-electron chi connectivity index (χ4n) is 0.129. The first-order valence-corrected chi connectivity index (χ1v) is 1.17. The van der Waals surface area contributed by atoms with E-state index < -0.39 is 0 Å². The number of hydrogen-bond acceptors (Lipinski definition) is 3. The summed E-state index contributed by atoms with van der Waals surface area (Å²) < 4.78 is 27.3. The second kappa shape index (κ2) is 0.944. The third kappa shape index (κ3) is 0.302.